The van der Waals surface area contributed by atoms with Gasteiger partial charge in [-0.25, -0.2) is 44.1 Å². The van der Waals surface area contributed by atoms with Crippen LogP contribution in [0, 0.1) is 46.3 Å². The molecular formula is C91H103Cl2LiN12O22S3. The Bertz CT molecular complexity index is 5940. The molecule has 2 aliphatic heterocycles. The number of esters is 1. The van der Waals surface area contributed by atoms with Crippen molar-refractivity contribution in [1.29, 1.82) is 0 Å². The van der Waals surface area contributed by atoms with Crippen LogP contribution in [0.15, 0.2) is 107 Å². The maximum atomic E-state index is 14.7. The summed E-state index contributed by atoms with van der Waals surface area (Å²) in [4.78, 5) is 150. The van der Waals surface area contributed by atoms with Gasteiger partial charge >= 0.3 is 43.0 Å². The predicted octanol–water partition coefficient (Wildman–Crippen LogP) is 10.5. The van der Waals surface area contributed by atoms with E-state index in [1.54, 1.807) is 91.7 Å². The molecular weight excluding hydrogens is 1790 g/mol. The first-order valence-corrected chi connectivity index (χ1v) is 45.6. The number of benzene rings is 3. The molecule has 6 aliphatic carbocycles. The van der Waals surface area contributed by atoms with Crippen LogP contribution in [0.5, 0.6) is 44.3 Å². The van der Waals surface area contributed by atoms with Crippen molar-refractivity contribution in [2.45, 2.75) is 165 Å². The third-order valence-corrected chi connectivity index (χ3v) is 28.3. The van der Waals surface area contributed by atoms with Gasteiger partial charge in [0.05, 0.1) is 96.5 Å². The third kappa shape index (κ3) is 20.6. The molecule has 0 bridgehead atoms. The maximum absolute atomic E-state index is 14.7. The van der Waals surface area contributed by atoms with Crippen LogP contribution < -0.4 is 83.5 Å². The van der Waals surface area contributed by atoms with Crippen molar-refractivity contribution in [3.63, 3.8) is 0 Å². The zero-order valence-electron chi connectivity index (χ0n) is 74.8. The number of aliphatic carboxylic acids is 1. The molecule has 16 atom stereocenters. The monoisotopic (exact) mass is 1890 g/mol. The predicted molar refractivity (Wildman–Crippen MR) is 485 cm³/mol. The fourth-order valence-corrected chi connectivity index (χ4v) is 20.2. The van der Waals surface area contributed by atoms with Gasteiger partial charge in [-0.1, -0.05) is 111 Å². The number of fused-ring (bicyclic) bond motifs is 5. The summed E-state index contributed by atoms with van der Waals surface area (Å²) in [6.07, 6.45) is 6.08. The Kier molecular flexibility index (Phi) is 29.3. The summed E-state index contributed by atoms with van der Waals surface area (Å²) in [7, 11) is 10.5. The summed E-state index contributed by atoms with van der Waals surface area (Å²) in [6.45, 7) is 18.4. The number of amides is 6. The Labute approximate surface area is 788 Å². The standard InChI is InChI=1S/C39H46ClN5O9S.C38H44ClN5O9S.C14H12N2O3S.Li.H2O/c1-8-21-16-39(21,35(48)51-6)44-33(46)27-14-23(17-45(27)34(47)32(38(2,3)4)43-36(49)54-22-12-19-11-20(19)13-22)53-29-15-25(26-18-55-37(42-26)52-7)41-31-24(29)9-10-28(50-5)30(31)40;1-7-20-15-38(20,34(47)48)43-32(45)26-13-22(16-44(26)33(46)31(37(2,3)4)42-35(49)53-21-11-18-10-19(18)12-21)52-28-14-24(25-17-54-36(41-25)51-6)40-30-23(28)8-9-27(50-5)29(30)39;1-18-8-3-4-9-10(5-8)15-11(6-13(9)17)12-7-20-14(16-12)19-2;;/h8-10,15,18-23,27,32H,1,11-14,16-17H2,2-7H3,(H,43,49)(H,44,46);7-9,14,17-22,26,31H,1,10-13,15-16H2,2-6H3,(H,42,49)(H,43,45)(H,47,48);3-7H,1-2H3,(H,15,17);;1H2/q;;;+1;/p-1/t19-,20+,21-,22?,23-,27+,32-,39-;18-,19+,20-,21?,22-,26+,31-,38-;;;/m11.../s1. The van der Waals surface area contributed by atoms with E-state index in [0.717, 1.165) is 31.2 Å². The van der Waals surface area contributed by atoms with Gasteiger partial charge in [-0.15, -0.1) is 13.2 Å². The first-order chi connectivity index (χ1) is 61.5. The molecule has 6 aromatic heterocycles. The molecule has 0 spiro atoms. The number of nitrogens with zero attached hydrogens (tertiary/aromatic N) is 7. The first-order valence-electron chi connectivity index (χ1n) is 42.2. The normalized spacial score (nSPS) is 24.3. The second-order valence-corrected chi connectivity index (χ2v) is 38.9. The minimum Gasteiger partial charge on any atom is -0.870 e. The van der Waals surface area contributed by atoms with E-state index in [-0.39, 0.29) is 90.3 Å². The molecule has 40 heteroatoms. The second-order valence-electron chi connectivity index (χ2n) is 35.7. The van der Waals surface area contributed by atoms with Crippen molar-refractivity contribution in [3.8, 4) is 78.5 Å². The van der Waals surface area contributed by atoms with E-state index >= 15 is 0 Å². The van der Waals surface area contributed by atoms with Gasteiger partial charge in [0.25, 0.3) is 15.6 Å². The third-order valence-electron chi connectivity index (χ3n) is 25.1. The largest absolute Gasteiger partial charge is 1.00 e. The number of pyridine rings is 3. The number of carbonyl (C=O) groups is 8. The molecule has 8 aliphatic rings. The number of hydrogen-bond acceptors (Lipinski definition) is 29. The number of halogens is 2. The molecule has 8 fully saturated rings. The van der Waals surface area contributed by atoms with Crippen LogP contribution in [-0.2, 0) is 43.0 Å². The van der Waals surface area contributed by atoms with Gasteiger partial charge in [0.2, 0.25) is 23.6 Å². The number of aromatic amines is 1. The second kappa shape index (κ2) is 39.4. The van der Waals surface area contributed by atoms with Crippen LogP contribution >= 0.6 is 57.2 Å². The minimum absolute atomic E-state index is 0. The quantitative estimate of drug-likeness (QED) is 0.0121. The molecule has 131 heavy (non-hydrogen) atoms. The minimum atomic E-state index is -1.53. The average molecular weight is 1890 g/mol. The number of rotatable bonds is 27. The molecule has 7 N–H and O–H groups in total. The van der Waals surface area contributed by atoms with Crippen LogP contribution in [0.25, 0.3) is 66.9 Å². The zero-order valence-corrected chi connectivity index (χ0v) is 78.8. The van der Waals surface area contributed by atoms with Crippen molar-refractivity contribution in [1.82, 2.24) is 61.0 Å². The fourth-order valence-electron chi connectivity index (χ4n) is 17.8. The van der Waals surface area contributed by atoms with Crippen LogP contribution in [0.2, 0.25) is 10.0 Å². The number of nitrogens with one attached hydrogen (secondary N) is 5. The summed E-state index contributed by atoms with van der Waals surface area (Å²) in [5.41, 5.74) is 0.367. The summed E-state index contributed by atoms with van der Waals surface area (Å²) in [5.74, 6) is -0.142. The van der Waals surface area contributed by atoms with E-state index in [1.807, 2.05) is 46.9 Å². The van der Waals surface area contributed by atoms with Crippen molar-refractivity contribution in [3.05, 3.63) is 122 Å². The van der Waals surface area contributed by atoms with Crippen LogP contribution in [0.3, 0.4) is 0 Å². The van der Waals surface area contributed by atoms with Gasteiger partial charge in [-0.2, -0.15) is 0 Å². The van der Waals surface area contributed by atoms with Crippen molar-refractivity contribution in [2.24, 2.45) is 46.3 Å². The summed E-state index contributed by atoms with van der Waals surface area (Å²) in [5, 5.41) is 30.4. The number of carboxylic acids is 1. The van der Waals surface area contributed by atoms with Gasteiger partial charge < -0.3 is 98.7 Å². The van der Waals surface area contributed by atoms with E-state index in [2.05, 4.69) is 54.4 Å². The van der Waals surface area contributed by atoms with E-state index in [4.69, 9.17) is 85.3 Å². The number of carbonyl (C=O) groups excluding carboxylic acids is 7. The van der Waals surface area contributed by atoms with Crippen LogP contribution in [-0.4, -0.2) is 221 Å². The van der Waals surface area contributed by atoms with Gasteiger partial charge in [0.1, 0.15) is 116 Å². The van der Waals surface area contributed by atoms with Gasteiger partial charge in [0.15, 0.2) is 5.43 Å². The number of likely N-dealkylation sites (tertiary alicyclic amines) is 2. The Balaban J connectivity index is 0.000000182. The smallest absolute Gasteiger partial charge is 0.870 e. The Morgan fingerprint density at radius 2 is 0.931 bits per heavy atom. The summed E-state index contributed by atoms with van der Waals surface area (Å²) < 4.78 is 61.6. The van der Waals surface area contributed by atoms with E-state index in [9.17, 15) is 48.3 Å². The molecule has 0 radical (unpaired) electrons. The Morgan fingerprint density at radius 1 is 0.519 bits per heavy atom. The maximum Gasteiger partial charge on any atom is 1.00 e. The molecule has 34 nitrogen and oxygen atoms in total. The SMILES string of the molecule is C=C[C@@H]1C[C@]1(NC(=O)[C@@H]1C[C@@H](Oc2cc(-c3csc(OC)n3)nc3c(Cl)c(OC)ccc23)CN1C(=O)[C@@H](NC(=O)OC1C[C@@H]2C[C@@H]2C1)C(C)(C)C)C(=O)O.C=C[C@@H]1C[C@]1(NC(=O)[C@@H]1C[C@@H](Oc2cc(-c3csc(OC)n3)nc3c(Cl)c(OC)ccc23)CN1C(=O)[C@@H](NC(=O)OC1C[C@@H]2C[C@@H]2C1)C(C)(C)C)C(=O)OC.COc1ccc2c(=O)cc(-c3csc(OC)n3)[nH]c2c1.[Li+].[OH-]. The van der Waals surface area contributed by atoms with E-state index in [1.165, 1.54) is 98.3 Å². The molecule has 2 unspecified atom stereocenters. The molecule has 9 aromatic rings. The molecule has 8 heterocycles. The number of thiazole rings is 3. The number of ether oxygens (including phenoxy) is 11. The Morgan fingerprint density at radius 3 is 1.31 bits per heavy atom. The summed E-state index contributed by atoms with van der Waals surface area (Å²) in [6, 6.07) is 12.9. The number of H-pyrrole nitrogens is 1. The topological polar surface area (TPSA) is 440 Å². The first kappa shape index (κ1) is 97.5. The van der Waals surface area contributed by atoms with Crippen LogP contribution in [0.4, 0.5) is 9.59 Å². The molecule has 17 rings (SSSR count). The summed E-state index contributed by atoms with van der Waals surface area (Å²) >= 11 is 17.5. The Hall–Kier alpha value is -11.0. The number of aromatic nitrogens is 6. The van der Waals surface area contributed by atoms with Gasteiger partial charge in [-0.05, 0) is 122 Å². The van der Waals surface area contributed by atoms with Gasteiger partial charge in [-0.3, -0.25) is 24.0 Å². The molecule has 6 saturated carbocycles. The molecule has 6 amide bonds. The average Bonchev–Trinajstić information content (AvgIpc) is 1.59. The van der Waals surface area contributed by atoms with Crippen molar-refractivity contribution in [2.75, 3.05) is 62.9 Å². The zero-order chi connectivity index (χ0) is 92.2. The fraction of sp³-hybridized carbons (Fsp3) is 0.473. The molecule has 3 aromatic carbocycles. The number of hydrogen-bond donors (Lipinski definition) is 6. The molecule has 692 valence electrons. The van der Waals surface area contributed by atoms with E-state index < -0.39 is 112 Å². The van der Waals surface area contributed by atoms with Crippen molar-refractivity contribution >= 4 is 138 Å². The number of carboxylic acid groups (broad SMARTS) is 1. The van der Waals surface area contributed by atoms with Crippen LogP contribution in [0.1, 0.15) is 106 Å². The number of methoxy groups -OCH3 is 7. The van der Waals surface area contributed by atoms with Crippen molar-refractivity contribution < 1.29 is 120 Å². The number of alkyl carbamates (subject to hydrolysis) is 2. The molecule has 2 saturated heterocycles. The van der Waals surface area contributed by atoms with Gasteiger partial charge in [0, 0.05) is 81.2 Å². The van der Waals surface area contributed by atoms with E-state index in [0.29, 0.717) is 136 Å².